The summed E-state index contributed by atoms with van der Waals surface area (Å²) in [5, 5.41) is 15.1. The number of nitrogen functional groups attached to an aromatic ring is 1. The third-order valence-corrected chi connectivity index (χ3v) is 6.70. The molecular formula is C30H39N3O7. The third kappa shape index (κ3) is 8.56. The number of methoxy groups -OCH3 is 1. The lowest BCUT2D eigenvalue weighted by atomic mass is 9.80. The molecule has 0 fully saturated rings. The minimum absolute atomic E-state index is 0.0250. The van der Waals surface area contributed by atoms with Crippen molar-refractivity contribution in [3.63, 3.8) is 0 Å². The van der Waals surface area contributed by atoms with E-state index in [4.69, 9.17) is 19.9 Å². The quantitative estimate of drug-likeness (QED) is 0.157. The van der Waals surface area contributed by atoms with Gasteiger partial charge in [-0.2, -0.15) is 0 Å². The van der Waals surface area contributed by atoms with Gasteiger partial charge in [-0.05, 0) is 68.5 Å². The van der Waals surface area contributed by atoms with E-state index in [-0.39, 0.29) is 36.0 Å². The van der Waals surface area contributed by atoms with Crippen LogP contribution in [0.5, 0.6) is 0 Å². The number of nitrogens with one attached hydrogen (secondary N) is 2. The summed E-state index contributed by atoms with van der Waals surface area (Å²) in [6, 6.07) is 14.1. The molecule has 2 aromatic carbocycles. The predicted octanol–water partition coefficient (Wildman–Crippen LogP) is 3.73. The Kier molecular flexibility index (Phi) is 12.0. The smallest absolute Gasteiger partial charge is 0.337 e. The maximum absolute atomic E-state index is 13.0. The number of nitrogens with two attached hydrogens (primary N) is 1. The van der Waals surface area contributed by atoms with Crippen molar-refractivity contribution in [1.29, 1.82) is 0 Å². The second-order valence-electron chi connectivity index (χ2n) is 9.49. The van der Waals surface area contributed by atoms with Crippen LogP contribution in [0, 0.1) is 5.92 Å². The zero-order valence-electron chi connectivity index (χ0n) is 23.1. The van der Waals surface area contributed by atoms with Crippen LogP contribution in [0.15, 0.2) is 60.4 Å². The molecule has 2 amide bonds. The Morgan fingerprint density at radius 3 is 2.48 bits per heavy atom. The van der Waals surface area contributed by atoms with Gasteiger partial charge in [0.25, 0.3) is 5.91 Å². The largest absolute Gasteiger partial charge is 0.465 e. The van der Waals surface area contributed by atoms with E-state index < -0.39 is 12.3 Å². The summed E-state index contributed by atoms with van der Waals surface area (Å²) in [6.07, 6.45) is 3.74. The average Bonchev–Trinajstić information content (AvgIpc) is 2.97. The summed E-state index contributed by atoms with van der Waals surface area (Å²) < 4.78 is 16.7. The van der Waals surface area contributed by atoms with Crippen LogP contribution in [0.25, 0.3) is 0 Å². The highest BCUT2D eigenvalue weighted by Crippen LogP contribution is 2.39. The second-order valence-corrected chi connectivity index (χ2v) is 9.49. The van der Waals surface area contributed by atoms with Crippen molar-refractivity contribution >= 4 is 29.2 Å². The van der Waals surface area contributed by atoms with Crippen LogP contribution in [0.3, 0.4) is 0 Å². The fourth-order valence-electron chi connectivity index (χ4n) is 4.63. The summed E-state index contributed by atoms with van der Waals surface area (Å²) >= 11 is 0. The Morgan fingerprint density at radius 1 is 1.05 bits per heavy atom. The number of hydrogen-bond donors (Lipinski definition) is 4. The Balaban J connectivity index is 1.63. The molecule has 3 unspecified atom stereocenters. The molecular weight excluding hydrogens is 514 g/mol. The fourth-order valence-corrected chi connectivity index (χ4v) is 4.63. The maximum Gasteiger partial charge on any atom is 0.337 e. The molecule has 5 N–H and O–H groups in total. The molecule has 1 aliphatic rings. The first-order valence-electron chi connectivity index (χ1n) is 13.6. The fraction of sp³-hybridized carbons (Fsp3) is 0.433. The lowest BCUT2D eigenvalue weighted by molar-refractivity contribution is -0.166. The normalized spacial score (nSPS) is 18.3. The number of allylic oxidation sites excluding steroid dienone is 1. The number of para-hydroxylation sites is 2. The average molecular weight is 554 g/mol. The molecule has 0 aromatic heterocycles. The van der Waals surface area contributed by atoms with E-state index in [1.165, 1.54) is 7.11 Å². The van der Waals surface area contributed by atoms with E-state index in [1.54, 1.807) is 42.5 Å². The highest BCUT2D eigenvalue weighted by Gasteiger charge is 2.37. The number of rotatable bonds is 14. The number of benzene rings is 2. The van der Waals surface area contributed by atoms with Gasteiger partial charge in [0.2, 0.25) is 12.2 Å². The minimum Gasteiger partial charge on any atom is -0.465 e. The third-order valence-electron chi connectivity index (χ3n) is 6.70. The van der Waals surface area contributed by atoms with Gasteiger partial charge in [-0.1, -0.05) is 24.3 Å². The number of anilines is 2. The predicted molar refractivity (Wildman–Crippen MR) is 151 cm³/mol. The molecule has 10 nitrogen and oxygen atoms in total. The molecule has 0 bridgehead atoms. The number of ether oxygens (including phenoxy) is 3. The van der Waals surface area contributed by atoms with Gasteiger partial charge in [-0.25, -0.2) is 4.79 Å². The summed E-state index contributed by atoms with van der Waals surface area (Å²) in [5.41, 5.74) is 8.26. The lowest BCUT2D eigenvalue weighted by Crippen LogP contribution is -2.39. The first-order valence-corrected chi connectivity index (χ1v) is 13.6. The van der Waals surface area contributed by atoms with E-state index in [9.17, 15) is 19.5 Å². The van der Waals surface area contributed by atoms with E-state index in [1.807, 2.05) is 19.1 Å². The molecule has 0 saturated heterocycles. The molecule has 0 saturated carbocycles. The van der Waals surface area contributed by atoms with E-state index in [0.717, 1.165) is 5.56 Å². The zero-order valence-corrected chi connectivity index (χ0v) is 23.1. The first kappa shape index (κ1) is 30.6. The minimum atomic E-state index is -0.679. The molecule has 2 aromatic rings. The van der Waals surface area contributed by atoms with E-state index in [0.29, 0.717) is 62.2 Å². The van der Waals surface area contributed by atoms with Crippen LogP contribution in [-0.4, -0.2) is 56.0 Å². The number of amides is 2. The Hall–Kier alpha value is -3.89. The summed E-state index contributed by atoms with van der Waals surface area (Å²) in [6.45, 7) is 2.63. The standard InChI is InChI=1S/C30H39N3O7/c1-3-39-30-22(9-8-18-34)23(20-13-15-21(16-14-20)29(37)38-2)19-26(40-30)28(36)32-17-7-6-12-27(35)33-25-11-5-4-10-24(25)31/h4-5,10-11,13-16,19,22-23,30,34H,3,6-9,12,17-18,31H2,1-2H3,(H,32,36)(H,33,35). The van der Waals surface area contributed by atoms with Crippen molar-refractivity contribution < 1.29 is 33.7 Å². The Morgan fingerprint density at radius 2 is 1.80 bits per heavy atom. The SMILES string of the molecule is CCOC1OC(C(=O)NCCCCC(=O)Nc2ccccc2N)=CC(c2ccc(C(=O)OC)cc2)C1CCCO. The van der Waals surface area contributed by atoms with Crippen molar-refractivity contribution in [2.75, 3.05) is 37.9 Å². The molecule has 0 radical (unpaired) electrons. The highest BCUT2D eigenvalue weighted by atomic mass is 16.7. The highest BCUT2D eigenvalue weighted by molar-refractivity contribution is 5.94. The number of carbonyl (C=O) groups excluding carboxylic acids is 3. The van der Waals surface area contributed by atoms with Gasteiger partial charge in [0, 0.05) is 38.0 Å². The number of unbranched alkanes of at least 4 members (excludes halogenated alkanes) is 1. The summed E-state index contributed by atoms with van der Waals surface area (Å²) in [4.78, 5) is 37.2. The first-order chi connectivity index (χ1) is 19.4. The number of esters is 1. The number of carbonyl (C=O) groups is 3. The maximum atomic E-state index is 13.0. The summed E-state index contributed by atoms with van der Waals surface area (Å²) in [5.74, 6) is -1.18. The van der Waals surface area contributed by atoms with Gasteiger partial charge in [-0.15, -0.1) is 0 Å². The molecule has 0 spiro atoms. The van der Waals surface area contributed by atoms with Crippen molar-refractivity contribution in [2.45, 2.75) is 51.2 Å². The van der Waals surface area contributed by atoms with E-state index in [2.05, 4.69) is 10.6 Å². The monoisotopic (exact) mass is 553 g/mol. The number of hydrogen-bond acceptors (Lipinski definition) is 8. The Bertz CT molecular complexity index is 1170. The molecule has 40 heavy (non-hydrogen) atoms. The number of aliphatic hydroxyl groups excluding tert-OH is 1. The van der Waals surface area contributed by atoms with Crippen LogP contribution in [0.2, 0.25) is 0 Å². The Labute approximate surface area is 234 Å². The van der Waals surface area contributed by atoms with Crippen molar-refractivity contribution in [3.8, 4) is 0 Å². The van der Waals surface area contributed by atoms with Crippen molar-refractivity contribution in [1.82, 2.24) is 5.32 Å². The molecule has 3 rings (SSSR count). The number of aliphatic hydroxyl groups is 1. The van der Waals surface area contributed by atoms with Crippen molar-refractivity contribution in [2.24, 2.45) is 5.92 Å². The molecule has 1 aliphatic heterocycles. The van der Waals surface area contributed by atoms with Gasteiger partial charge in [0.1, 0.15) is 0 Å². The van der Waals surface area contributed by atoms with Crippen LogP contribution in [-0.2, 0) is 23.8 Å². The molecule has 1 heterocycles. The van der Waals surface area contributed by atoms with Gasteiger partial charge in [-0.3, -0.25) is 9.59 Å². The van der Waals surface area contributed by atoms with E-state index >= 15 is 0 Å². The molecule has 10 heteroatoms. The van der Waals surface area contributed by atoms with Crippen LogP contribution < -0.4 is 16.4 Å². The van der Waals surface area contributed by atoms with Crippen molar-refractivity contribution in [3.05, 3.63) is 71.5 Å². The van der Waals surface area contributed by atoms with Gasteiger partial charge < -0.3 is 35.7 Å². The summed E-state index contributed by atoms with van der Waals surface area (Å²) in [7, 11) is 1.33. The van der Waals surface area contributed by atoms with Gasteiger partial charge >= 0.3 is 5.97 Å². The van der Waals surface area contributed by atoms with Crippen LogP contribution in [0.1, 0.15) is 60.9 Å². The zero-order chi connectivity index (χ0) is 28.9. The topological polar surface area (TPSA) is 149 Å². The molecule has 3 atom stereocenters. The van der Waals surface area contributed by atoms with Gasteiger partial charge in [0.05, 0.1) is 24.0 Å². The van der Waals surface area contributed by atoms with Crippen LogP contribution >= 0.6 is 0 Å². The molecule has 0 aliphatic carbocycles. The van der Waals surface area contributed by atoms with Gasteiger partial charge in [0.15, 0.2) is 5.76 Å². The molecule has 216 valence electrons. The second kappa shape index (κ2) is 15.6. The van der Waals surface area contributed by atoms with Crippen LogP contribution in [0.4, 0.5) is 11.4 Å². The lowest BCUT2D eigenvalue weighted by Gasteiger charge is -2.37.